The molecular weight excluding hydrogens is 214 g/mol. The van der Waals surface area contributed by atoms with Crippen molar-refractivity contribution in [2.45, 2.75) is 6.92 Å². The van der Waals surface area contributed by atoms with Gasteiger partial charge in [0.2, 0.25) is 0 Å². The van der Waals surface area contributed by atoms with Gasteiger partial charge in [-0.1, -0.05) is 11.6 Å². The lowest BCUT2D eigenvalue weighted by atomic mass is 10.1. The van der Waals surface area contributed by atoms with Crippen molar-refractivity contribution in [1.29, 1.82) is 0 Å². The first-order valence-electron chi connectivity index (χ1n) is 4.49. The SMILES string of the molecule is COc1ccc2c(=O)[nH]c(C)c(Cl)c2c1. The summed E-state index contributed by atoms with van der Waals surface area (Å²) in [7, 11) is 1.58. The molecule has 0 spiro atoms. The van der Waals surface area contributed by atoms with Crippen molar-refractivity contribution in [3.05, 3.63) is 39.3 Å². The number of ether oxygens (including phenoxy) is 1. The number of halogens is 1. The molecule has 0 saturated carbocycles. The van der Waals surface area contributed by atoms with Crippen molar-refractivity contribution >= 4 is 22.4 Å². The number of rotatable bonds is 1. The fraction of sp³-hybridized carbons (Fsp3) is 0.182. The van der Waals surface area contributed by atoms with Crippen LogP contribution in [0.3, 0.4) is 0 Å². The monoisotopic (exact) mass is 223 g/mol. The molecule has 2 rings (SSSR count). The summed E-state index contributed by atoms with van der Waals surface area (Å²) >= 11 is 6.10. The second-order valence-corrected chi connectivity index (χ2v) is 3.68. The van der Waals surface area contributed by atoms with Gasteiger partial charge in [-0.05, 0) is 25.1 Å². The van der Waals surface area contributed by atoms with Crippen molar-refractivity contribution in [1.82, 2.24) is 4.98 Å². The quantitative estimate of drug-likeness (QED) is 0.807. The first-order chi connectivity index (χ1) is 7.13. The van der Waals surface area contributed by atoms with E-state index >= 15 is 0 Å². The van der Waals surface area contributed by atoms with Crippen LogP contribution in [0.2, 0.25) is 5.02 Å². The van der Waals surface area contributed by atoms with Crippen LogP contribution < -0.4 is 10.3 Å². The Kier molecular flexibility index (Phi) is 2.40. The molecular formula is C11H10ClNO2. The molecule has 0 atom stereocenters. The highest BCUT2D eigenvalue weighted by atomic mass is 35.5. The summed E-state index contributed by atoms with van der Waals surface area (Å²) in [6.45, 7) is 1.77. The lowest BCUT2D eigenvalue weighted by Gasteiger charge is -2.05. The minimum absolute atomic E-state index is 0.130. The van der Waals surface area contributed by atoms with E-state index in [2.05, 4.69) is 4.98 Å². The first kappa shape index (κ1) is 10.1. The zero-order valence-corrected chi connectivity index (χ0v) is 9.18. The van der Waals surface area contributed by atoms with Gasteiger partial charge in [0, 0.05) is 16.5 Å². The Morgan fingerprint density at radius 2 is 2.07 bits per heavy atom. The Morgan fingerprint density at radius 3 is 2.73 bits per heavy atom. The summed E-state index contributed by atoms with van der Waals surface area (Å²) in [5.41, 5.74) is 0.539. The van der Waals surface area contributed by atoms with Crippen molar-refractivity contribution in [3.63, 3.8) is 0 Å². The van der Waals surface area contributed by atoms with Crippen molar-refractivity contribution in [3.8, 4) is 5.75 Å². The molecule has 0 aliphatic heterocycles. The molecule has 0 bridgehead atoms. The summed E-state index contributed by atoms with van der Waals surface area (Å²) in [5, 5.41) is 1.85. The molecule has 1 N–H and O–H groups in total. The fourth-order valence-electron chi connectivity index (χ4n) is 1.52. The predicted octanol–water partition coefficient (Wildman–Crippen LogP) is 2.50. The molecule has 0 unspecified atom stereocenters. The Balaban J connectivity index is 2.91. The Labute approximate surface area is 91.6 Å². The van der Waals surface area contributed by atoms with Crippen LogP contribution in [0.25, 0.3) is 10.8 Å². The topological polar surface area (TPSA) is 42.1 Å². The largest absolute Gasteiger partial charge is 0.497 e. The van der Waals surface area contributed by atoms with Gasteiger partial charge < -0.3 is 9.72 Å². The third kappa shape index (κ3) is 1.59. The van der Waals surface area contributed by atoms with E-state index in [0.29, 0.717) is 21.9 Å². The number of H-pyrrole nitrogens is 1. The van der Waals surface area contributed by atoms with Crippen LogP contribution in [0.15, 0.2) is 23.0 Å². The number of aromatic amines is 1. The highest BCUT2D eigenvalue weighted by molar-refractivity contribution is 6.36. The zero-order chi connectivity index (χ0) is 11.0. The third-order valence-corrected chi connectivity index (χ3v) is 2.83. The Bertz CT molecular complexity index is 575. The lowest BCUT2D eigenvalue weighted by Crippen LogP contribution is -2.08. The molecule has 0 fully saturated rings. The summed E-state index contributed by atoms with van der Waals surface area (Å²) in [5.74, 6) is 0.689. The molecule has 1 aromatic heterocycles. The van der Waals surface area contributed by atoms with Crippen LogP contribution in [0.1, 0.15) is 5.69 Å². The number of pyridine rings is 1. The van der Waals surface area contributed by atoms with Gasteiger partial charge in [0.15, 0.2) is 0 Å². The van der Waals surface area contributed by atoms with Gasteiger partial charge >= 0.3 is 0 Å². The molecule has 0 aliphatic rings. The van der Waals surface area contributed by atoms with E-state index < -0.39 is 0 Å². The van der Waals surface area contributed by atoms with Gasteiger partial charge in [-0.25, -0.2) is 0 Å². The number of aromatic nitrogens is 1. The van der Waals surface area contributed by atoms with Crippen LogP contribution in [-0.2, 0) is 0 Å². The van der Waals surface area contributed by atoms with Crippen LogP contribution in [0, 0.1) is 6.92 Å². The number of aryl methyl sites for hydroxylation is 1. The molecule has 15 heavy (non-hydrogen) atoms. The highest BCUT2D eigenvalue weighted by Gasteiger charge is 2.07. The van der Waals surface area contributed by atoms with E-state index in [1.165, 1.54) is 0 Å². The average Bonchev–Trinajstić information content (AvgIpc) is 2.25. The van der Waals surface area contributed by atoms with Crippen LogP contribution in [-0.4, -0.2) is 12.1 Å². The first-order valence-corrected chi connectivity index (χ1v) is 4.87. The molecule has 1 aromatic carbocycles. The fourth-order valence-corrected chi connectivity index (χ4v) is 1.73. The number of hydrogen-bond acceptors (Lipinski definition) is 2. The number of benzene rings is 1. The molecule has 0 radical (unpaired) electrons. The van der Waals surface area contributed by atoms with Gasteiger partial charge in [0.25, 0.3) is 5.56 Å². The Hall–Kier alpha value is -1.48. The van der Waals surface area contributed by atoms with Gasteiger partial charge in [0.05, 0.1) is 12.1 Å². The maximum absolute atomic E-state index is 11.6. The molecule has 4 heteroatoms. The second-order valence-electron chi connectivity index (χ2n) is 3.30. The molecule has 0 saturated heterocycles. The maximum atomic E-state index is 11.6. The molecule has 0 amide bonds. The number of methoxy groups -OCH3 is 1. The second kappa shape index (κ2) is 3.59. The van der Waals surface area contributed by atoms with E-state index in [0.717, 1.165) is 5.39 Å². The summed E-state index contributed by atoms with van der Waals surface area (Å²) in [6.07, 6.45) is 0. The number of nitrogens with one attached hydrogen (secondary N) is 1. The van der Waals surface area contributed by atoms with Crippen LogP contribution in [0.5, 0.6) is 5.75 Å². The van der Waals surface area contributed by atoms with Crippen molar-refractivity contribution in [2.24, 2.45) is 0 Å². The van der Waals surface area contributed by atoms with E-state index in [1.54, 1.807) is 32.2 Å². The van der Waals surface area contributed by atoms with E-state index in [1.807, 2.05) is 0 Å². The lowest BCUT2D eigenvalue weighted by molar-refractivity contribution is 0.415. The zero-order valence-electron chi connectivity index (χ0n) is 8.43. The van der Waals surface area contributed by atoms with Crippen LogP contribution >= 0.6 is 11.6 Å². The van der Waals surface area contributed by atoms with E-state index in [4.69, 9.17) is 16.3 Å². The minimum atomic E-state index is -0.130. The van der Waals surface area contributed by atoms with Crippen molar-refractivity contribution < 1.29 is 4.74 Å². The number of hydrogen-bond donors (Lipinski definition) is 1. The highest BCUT2D eigenvalue weighted by Crippen LogP contribution is 2.26. The maximum Gasteiger partial charge on any atom is 0.256 e. The molecule has 3 nitrogen and oxygen atoms in total. The normalized spacial score (nSPS) is 10.6. The predicted molar refractivity (Wildman–Crippen MR) is 60.9 cm³/mol. The summed E-state index contributed by atoms with van der Waals surface area (Å²) in [4.78, 5) is 14.3. The van der Waals surface area contributed by atoms with Crippen LogP contribution in [0.4, 0.5) is 0 Å². The summed E-state index contributed by atoms with van der Waals surface area (Å²) < 4.78 is 5.09. The average molecular weight is 224 g/mol. The minimum Gasteiger partial charge on any atom is -0.497 e. The van der Waals surface area contributed by atoms with Gasteiger partial charge in [-0.15, -0.1) is 0 Å². The number of fused-ring (bicyclic) bond motifs is 1. The third-order valence-electron chi connectivity index (χ3n) is 2.34. The Morgan fingerprint density at radius 1 is 1.33 bits per heavy atom. The summed E-state index contributed by atoms with van der Waals surface area (Å²) in [6, 6.07) is 5.21. The standard InChI is InChI=1S/C11H10ClNO2/c1-6-10(12)9-5-7(15-2)3-4-8(9)11(14)13-6/h3-5H,1-2H3,(H,13,14). The smallest absolute Gasteiger partial charge is 0.256 e. The molecule has 0 aliphatic carbocycles. The molecule has 78 valence electrons. The molecule has 1 heterocycles. The van der Waals surface area contributed by atoms with Gasteiger partial charge in [0.1, 0.15) is 5.75 Å². The van der Waals surface area contributed by atoms with E-state index in [-0.39, 0.29) is 5.56 Å². The van der Waals surface area contributed by atoms with Gasteiger partial charge in [-0.2, -0.15) is 0 Å². The molecule has 2 aromatic rings. The van der Waals surface area contributed by atoms with E-state index in [9.17, 15) is 4.79 Å². The van der Waals surface area contributed by atoms with Gasteiger partial charge in [-0.3, -0.25) is 4.79 Å². The van der Waals surface area contributed by atoms with Crippen molar-refractivity contribution in [2.75, 3.05) is 7.11 Å².